The third-order valence-electron chi connectivity index (χ3n) is 4.08. The highest BCUT2D eigenvalue weighted by Crippen LogP contribution is 2.16. The normalized spacial score (nSPS) is 11.5. The molecule has 2 aromatic rings. The summed E-state index contributed by atoms with van der Waals surface area (Å²) in [6.45, 7) is 5.73. The molecule has 9 heteroatoms. The summed E-state index contributed by atoms with van der Waals surface area (Å²) in [4.78, 5) is 4.45. The Kier molecular flexibility index (Phi) is 11.1. The first-order chi connectivity index (χ1) is 13.8. The Hall–Kier alpha value is -1.88. The van der Waals surface area contributed by atoms with Crippen molar-refractivity contribution in [1.29, 1.82) is 0 Å². The van der Waals surface area contributed by atoms with Crippen LogP contribution in [-0.2, 0) is 22.1 Å². The van der Waals surface area contributed by atoms with Crippen molar-refractivity contribution in [3.05, 3.63) is 65.0 Å². The van der Waals surface area contributed by atoms with Crippen molar-refractivity contribution < 1.29 is 17.5 Å². The first-order valence-electron chi connectivity index (χ1n) is 9.44. The predicted molar refractivity (Wildman–Crippen MR) is 130 cm³/mol. The van der Waals surface area contributed by atoms with Crippen LogP contribution in [0.2, 0.25) is 0 Å². The van der Waals surface area contributed by atoms with Gasteiger partial charge in [0.05, 0.1) is 18.8 Å². The van der Waals surface area contributed by atoms with Gasteiger partial charge in [-0.1, -0.05) is 24.3 Å². The van der Waals surface area contributed by atoms with E-state index < -0.39 is 15.7 Å². The van der Waals surface area contributed by atoms with Crippen molar-refractivity contribution in [2.75, 3.05) is 26.0 Å². The van der Waals surface area contributed by atoms with Gasteiger partial charge >= 0.3 is 0 Å². The quantitative estimate of drug-likeness (QED) is 0.217. The van der Waals surface area contributed by atoms with E-state index in [1.165, 1.54) is 18.2 Å². The van der Waals surface area contributed by atoms with Gasteiger partial charge in [-0.2, -0.15) is 0 Å². The number of rotatable bonds is 9. The van der Waals surface area contributed by atoms with Crippen LogP contribution in [0, 0.1) is 12.7 Å². The molecule has 0 amide bonds. The van der Waals surface area contributed by atoms with Gasteiger partial charge in [0.1, 0.15) is 18.2 Å². The van der Waals surface area contributed by atoms with E-state index in [-0.39, 0.29) is 36.3 Å². The SMILES string of the molecule is CCNC(=NCc1cc(F)ccc1CS(C)(=O)=O)NCCOc1ccccc1C.I. The Morgan fingerprint density at radius 3 is 2.53 bits per heavy atom. The fourth-order valence-corrected chi connectivity index (χ4v) is 3.57. The van der Waals surface area contributed by atoms with E-state index in [1.807, 2.05) is 38.1 Å². The minimum Gasteiger partial charge on any atom is -0.491 e. The van der Waals surface area contributed by atoms with E-state index in [0.717, 1.165) is 17.6 Å². The van der Waals surface area contributed by atoms with Gasteiger partial charge < -0.3 is 15.4 Å². The number of ether oxygens (including phenoxy) is 1. The predicted octanol–water partition coefficient (Wildman–Crippen LogP) is 3.43. The number of nitrogens with zero attached hydrogens (tertiary/aromatic N) is 1. The summed E-state index contributed by atoms with van der Waals surface area (Å²) in [7, 11) is -3.23. The highest BCUT2D eigenvalue weighted by atomic mass is 127. The molecule has 0 unspecified atom stereocenters. The highest BCUT2D eigenvalue weighted by Gasteiger charge is 2.11. The standard InChI is InChI=1S/C21H28FN3O3S.HI/c1-4-23-21(24-11-12-28-20-8-6-5-7-16(20)2)25-14-18-13-19(22)10-9-17(18)15-29(3,26)27;/h5-10,13H,4,11-12,14-15H2,1-3H3,(H2,23,24,25);1H. The number of sulfone groups is 1. The molecule has 0 bridgehead atoms. The summed E-state index contributed by atoms with van der Waals surface area (Å²) < 4.78 is 42.7. The molecule has 2 N–H and O–H groups in total. The Morgan fingerprint density at radius 2 is 1.87 bits per heavy atom. The van der Waals surface area contributed by atoms with Crippen LogP contribution < -0.4 is 15.4 Å². The van der Waals surface area contributed by atoms with Crippen molar-refractivity contribution >= 4 is 39.8 Å². The molecule has 6 nitrogen and oxygen atoms in total. The summed E-state index contributed by atoms with van der Waals surface area (Å²) in [5.41, 5.74) is 2.16. The molecule has 0 aliphatic heterocycles. The summed E-state index contributed by atoms with van der Waals surface area (Å²) >= 11 is 0. The number of para-hydroxylation sites is 1. The van der Waals surface area contributed by atoms with Gasteiger partial charge in [0.15, 0.2) is 15.8 Å². The molecule has 0 fully saturated rings. The van der Waals surface area contributed by atoms with Crippen LogP contribution >= 0.6 is 24.0 Å². The second-order valence-corrected chi connectivity index (χ2v) is 8.86. The van der Waals surface area contributed by atoms with Crippen LogP contribution in [0.3, 0.4) is 0 Å². The zero-order chi connectivity index (χ0) is 21.3. The molecule has 166 valence electrons. The van der Waals surface area contributed by atoms with Gasteiger partial charge in [-0.3, -0.25) is 0 Å². The lowest BCUT2D eigenvalue weighted by molar-refractivity contribution is 0.320. The lowest BCUT2D eigenvalue weighted by Gasteiger charge is -2.13. The summed E-state index contributed by atoms with van der Waals surface area (Å²) in [6, 6.07) is 11.9. The number of aliphatic imine (C=N–C) groups is 1. The van der Waals surface area contributed by atoms with Crippen molar-refractivity contribution in [1.82, 2.24) is 10.6 Å². The zero-order valence-corrected chi connectivity index (χ0v) is 20.6. The molecular formula is C21H29FIN3O3S. The Balaban J connectivity index is 0.00000450. The monoisotopic (exact) mass is 549 g/mol. The number of hydrogen-bond donors (Lipinski definition) is 2. The fraction of sp³-hybridized carbons (Fsp3) is 0.381. The smallest absolute Gasteiger partial charge is 0.191 e. The first kappa shape index (κ1) is 26.2. The van der Waals surface area contributed by atoms with Gasteiger partial charge in [-0.15, -0.1) is 24.0 Å². The number of halogens is 2. The van der Waals surface area contributed by atoms with Crippen molar-refractivity contribution in [3.63, 3.8) is 0 Å². The number of aryl methyl sites for hydroxylation is 1. The van der Waals surface area contributed by atoms with E-state index in [4.69, 9.17) is 4.74 Å². The molecule has 0 atom stereocenters. The van der Waals surface area contributed by atoms with Crippen LogP contribution in [0.25, 0.3) is 0 Å². The number of benzene rings is 2. The molecule has 30 heavy (non-hydrogen) atoms. The van der Waals surface area contributed by atoms with E-state index in [1.54, 1.807) is 0 Å². The fourth-order valence-electron chi connectivity index (χ4n) is 2.72. The summed E-state index contributed by atoms with van der Waals surface area (Å²) in [6.07, 6.45) is 1.16. The van der Waals surface area contributed by atoms with Crippen LogP contribution in [0.4, 0.5) is 4.39 Å². The second kappa shape index (κ2) is 12.7. The average Bonchev–Trinajstić information content (AvgIpc) is 2.65. The van der Waals surface area contributed by atoms with Gasteiger partial charge in [0.2, 0.25) is 0 Å². The zero-order valence-electron chi connectivity index (χ0n) is 17.4. The lowest BCUT2D eigenvalue weighted by atomic mass is 10.1. The number of guanidine groups is 1. The van der Waals surface area contributed by atoms with Gasteiger partial charge in [-0.05, 0) is 48.7 Å². The first-order valence-corrected chi connectivity index (χ1v) is 11.5. The molecule has 2 rings (SSSR count). The Labute approximate surface area is 195 Å². The van der Waals surface area contributed by atoms with Crippen molar-refractivity contribution in [2.24, 2.45) is 4.99 Å². The molecule has 0 aromatic heterocycles. The third-order valence-corrected chi connectivity index (χ3v) is 4.92. The molecule has 0 aliphatic carbocycles. The van der Waals surface area contributed by atoms with E-state index in [0.29, 0.717) is 36.8 Å². The maximum Gasteiger partial charge on any atom is 0.191 e. The molecule has 0 saturated carbocycles. The average molecular weight is 549 g/mol. The third kappa shape index (κ3) is 9.29. The molecule has 0 aliphatic rings. The Bertz CT molecular complexity index is 952. The summed E-state index contributed by atoms with van der Waals surface area (Å²) in [5, 5.41) is 6.28. The van der Waals surface area contributed by atoms with Crippen LogP contribution in [0.5, 0.6) is 5.75 Å². The number of hydrogen-bond acceptors (Lipinski definition) is 4. The Morgan fingerprint density at radius 1 is 1.13 bits per heavy atom. The van der Waals surface area contributed by atoms with Crippen LogP contribution in [-0.4, -0.2) is 40.3 Å². The van der Waals surface area contributed by atoms with Crippen molar-refractivity contribution in [3.8, 4) is 5.75 Å². The van der Waals surface area contributed by atoms with E-state index >= 15 is 0 Å². The van der Waals surface area contributed by atoms with Gasteiger partial charge in [0.25, 0.3) is 0 Å². The van der Waals surface area contributed by atoms with Crippen LogP contribution in [0.1, 0.15) is 23.6 Å². The molecule has 2 aromatic carbocycles. The van der Waals surface area contributed by atoms with E-state index in [9.17, 15) is 12.8 Å². The molecule has 0 spiro atoms. The lowest BCUT2D eigenvalue weighted by Crippen LogP contribution is -2.39. The van der Waals surface area contributed by atoms with Gasteiger partial charge in [-0.25, -0.2) is 17.8 Å². The topological polar surface area (TPSA) is 79.8 Å². The molecule has 0 saturated heterocycles. The number of nitrogens with one attached hydrogen (secondary N) is 2. The minimum atomic E-state index is -3.23. The molecule has 0 heterocycles. The maximum absolute atomic E-state index is 13.6. The molecule has 0 radical (unpaired) electrons. The van der Waals surface area contributed by atoms with Crippen molar-refractivity contribution in [2.45, 2.75) is 26.1 Å². The second-order valence-electron chi connectivity index (χ2n) is 6.72. The molecular weight excluding hydrogens is 520 g/mol. The summed E-state index contributed by atoms with van der Waals surface area (Å²) in [5.74, 6) is 0.820. The van der Waals surface area contributed by atoms with Gasteiger partial charge in [0, 0.05) is 12.8 Å². The van der Waals surface area contributed by atoms with Crippen LogP contribution in [0.15, 0.2) is 47.5 Å². The largest absolute Gasteiger partial charge is 0.491 e. The highest BCUT2D eigenvalue weighted by molar-refractivity contribution is 14.0. The minimum absolute atomic E-state index is 0. The van der Waals surface area contributed by atoms with E-state index in [2.05, 4.69) is 15.6 Å². The maximum atomic E-state index is 13.6.